The Balaban J connectivity index is 2.17. The van der Waals surface area contributed by atoms with E-state index < -0.39 is 0 Å². The molecule has 1 saturated carbocycles. The smallest absolute Gasteiger partial charge is 0.117 e. The monoisotopic (exact) mass is 349 g/mol. The number of hydrogen-bond acceptors (Lipinski definition) is 2. The molecule has 1 aliphatic rings. The van der Waals surface area contributed by atoms with Crippen molar-refractivity contribution in [2.24, 2.45) is 5.73 Å². The summed E-state index contributed by atoms with van der Waals surface area (Å²) in [6.07, 6.45) is 7.36. The van der Waals surface area contributed by atoms with Crippen LogP contribution in [0.3, 0.4) is 0 Å². The summed E-state index contributed by atoms with van der Waals surface area (Å²) in [6.45, 7) is 3.96. The molecule has 0 bridgehead atoms. The van der Waals surface area contributed by atoms with Gasteiger partial charge in [0, 0.05) is 23.0 Å². The molecule has 3 rings (SSSR count). The zero-order chi connectivity index (χ0) is 14.9. The number of fused-ring (bicyclic) bond motifs is 1. The van der Waals surface area contributed by atoms with Crippen LogP contribution in [0.4, 0.5) is 0 Å². The predicted octanol–water partition coefficient (Wildman–Crippen LogP) is 4.37. The summed E-state index contributed by atoms with van der Waals surface area (Å²) in [4.78, 5) is 5.01. The molecule has 0 atom stereocenters. The molecule has 0 amide bonds. The number of benzene rings is 1. The molecule has 0 radical (unpaired) electrons. The first kappa shape index (κ1) is 15.0. The Kier molecular flexibility index (Phi) is 4.36. The van der Waals surface area contributed by atoms with Gasteiger partial charge in [-0.1, -0.05) is 42.1 Å². The van der Waals surface area contributed by atoms with Crippen LogP contribution in [0.25, 0.3) is 11.0 Å². The van der Waals surface area contributed by atoms with Crippen molar-refractivity contribution in [1.82, 2.24) is 9.55 Å². The minimum Gasteiger partial charge on any atom is -0.329 e. The molecule has 0 aliphatic heterocycles. The van der Waals surface area contributed by atoms with Gasteiger partial charge in [0.15, 0.2) is 0 Å². The van der Waals surface area contributed by atoms with E-state index in [1.165, 1.54) is 43.4 Å². The molecular formula is C17H24BrN3. The van der Waals surface area contributed by atoms with E-state index in [4.69, 9.17) is 10.7 Å². The third-order valence-electron chi connectivity index (χ3n) is 4.83. The lowest BCUT2D eigenvalue weighted by Crippen LogP contribution is -2.39. The van der Waals surface area contributed by atoms with Crippen LogP contribution in [0.15, 0.2) is 22.7 Å². The highest BCUT2D eigenvalue weighted by Gasteiger charge is 2.37. The van der Waals surface area contributed by atoms with E-state index in [9.17, 15) is 0 Å². The van der Waals surface area contributed by atoms with Crippen molar-refractivity contribution < 1.29 is 0 Å². The number of nitrogens with zero attached hydrogens (tertiary/aromatic N) is 2. The van der Waals surface area contributed by atoms with Crippen LogP contribution < -0.4 is 5.73 Å². The molecule has 0 spiro atoms. The van der Waals surface area contributed by atoms with E-state index in [0.717, 1.165) is 23.0 Å². The van der Waals surface area contributed by atoms with Gasteiger partial charge in [0.2, 0.25) is 0 Å². The number of halogens is 1. The molecule has 21 heavy (non-hydrogen) atoms. The maximum absolute atomic E-state index is 6.22. The summed E-state index contributed by atoms with van der Waals surface area (Å²) in [5.41, 5.74) is 8.64. The van der Waals surface area contributed by atoms with Crippen LogP contribution in [0.5, 0.6) is 0 Å². The van der Waals surface area contributed by atoms with E-state index in [0.29, 0.717) is 6.54 Å². The zero-order valence-corrected chi connectivity index (χ0v) is 14.3. The molecule has 0 unspecified atom stereocenters. The molecule has 1 aromatic carbocycles. The third-order valence-corrected chi connectivity index (χ3v) is 5.33. The fourth-order valence-corrected chi connectivity index (χ4v) is 4.05. The Morgan fingerprint density at radius 2 is 2.05 bits per heavy atom. The lowest BCUT2D eigenvalue weighted by atomic mass is 9.73. The van der Waals surface area contributed by atoms with Gasteiger partial charge in [0.1, 0.15) is 5.82 Å². The summed E-state index contributed by atoms with van der Waals surface area (Å²) < 4.78 is 3.51. The second-order valence-electron chi connectivity index (χ2n) is 6.27. The van der Waals surface area contributed by atoms with Crippen molar-refractivity contribution in [3.05, 3.63) is 28.5 Å². The van der Waals surface area contributed by atoms with Gasteiger partial charge in [0.25, 0.3) is 0 Å². The average molecular weight is 350 g/mol. The normalized spacial score (nSPS) is 18.2. The molecular weight excluding hydrogens is 326 g/mol. The largest absolute Gasteiger partial charge is 0.329 e. The Hall–Kier alpha value is -0.870. The van der Waals surface area contributed by atoms with Crippen molar-refractivity contribution in [1.29, 1.82) is 0 Å². The number of hydrogen-bond donors (Lipinski definition) is 1. The number of rotatable bonds is 4. The first-order valence-corrected chi connectivity index (χ1v) is 8.86. The molecule has 0 saturated heterocycles. The van der Waals surface area contributed by atoms with Gasteiger partial charge in [-0.25, -0.2) is 4.98 Å². The first-order valence-electron chi connectivity index (χ1n) is 8.06. The van der Waals surface area contributed by atoms with Crippen LogP contribution in [0, 0.1) is 0 Å². The number of nitrogens with two attached hydrogens (primary N) is 1. The van der Waals surface area contributed by atoms with E-state index in [1.807, 2.05) is 0 Å². The van der Waals surface area contributed by atoms with Crippen LogP contribution in [-0.4, -0.2) is 16.1 Å². The maximum Gasteiger partial charge on any atom is 0.117 e. The van der Waals surface area contributed by atoms with Crippen molar-refractivity contribution in [2.75, 3.05) is 6.54 Å². The van der Waals surface area contributed by atoms with Crippen molar-refractivity contribution >= 4 is 27.0 Å². The Labute approximate surface area is 135 Å². The summed E-state index contributed by atoms with van der Waals surface area (Å²) in [5, 5.41) is 0. The standard InChI is InChI=1S/C17H24BrN3/c1-2-10-21-15-7-6-13(18)11-14(15)20-16(21)17(12-19)8-4-3-5-9-17/h6-7,11H,2-5,8-10,12,19H2,1H3. The summed E-state index contributed by atoms with van der Waals surface area (Å²) in [6, 6.07) is 6.41. The molecule has 114 valence electrons. The van der Waals surface area contributed by atoms with E-state index in [1.54, 1.807) is 0 Å². The predicted molar refractivity (Wildman–Crippen MR) is 91.5 cm³/mol. The second kappa shape index (κ2) is 6.09. The van der Waals surface area contributed by atoms with Crippen molar-refractivity contribution in [3.8, 4) is 0 Å². The van der Waals surface area contributed by atoms with Crippen LogP contribution in [0.1, 0.15) is 51.3 Å². The molecule has 3 nitrogen and oxygen atoms in total. The minimum atomic E-state index is 0.0823. The fraction of sp³-hybridized carbons (Fsp3) is 0.588. The van der Waals surface area contributed by atoms with E-state index in [2.05, 4.69) is 45.6 Å². The summed E-state index contributed by atoms with van der Waals surface area (Å²) in [5.74, 6) is 1.22. The highest BCUT2D eigenvalue weighted by atomic mass is 79.9. The summed E-state index contributed by atoms with van der Waals surface area (Å²) in [7, 11) is 0. The third kappa shape index (κ3) is 2.64. The topological polar surface area (TPSA) is 43.8 Å². The quantitative estimate of drug-likeness (QED) is 0.890. The lowest BCUT2D eigenvalue weighted by molar-refractivity contribution is 0.277. The van der Waals surface area contributed by atoms with Gasteiger partial charge in [-0.15, -0.1) is 0 Å². The van der Waals surface area contributed by atoms with Gasteiger partial charge < -0.3 is 10.3 Å². The van der Waals surface area contributed by atoms with Gasteiger partial charge >= 0.3 is 0 Å². The fourth-order valence-electron chi connectivity index (χ4n) is 3.71. The van der Waals surface area contributed by atoms with Crippen molar-refractivity contribution in [2.45, 2.75) is 57.4 Å². The Morgan fingerprint density at radius 1 is 1.29 bits per heavy atom. The molecule has 2 aromatic rings. The SMILES string of the molecule is CCCn1c(C2(CN)CCCCC2)nc2cc(Br)ccc21. The van der Waals surface area contributed by atoms with Crippen molar-refractivity contribution in [3.63, 3.8) is 0 Å². The van der Waals surface area contributed by atoms with Gasteiger partial charge in [-0.05, 0) is 37.5 Å². The second-order valence-corrected chi connectivity index (χ2v) is 7.18. The molecule has 1 fully saturated rings. The Morgan fingerprint density at radius 3 is 2.71 bits per heavy atom. The molecule has 2 N–H and O–H groups in total. The van der Waals surface area contributed by atoms with Crippen LogP contribution >= 0.6 is 15.9 Å². The lowest BCUT2D eigenvalue weighted by Gasteiger charge is -2.36. The highest BCUT2D eigenvalue weighted by Crippen LogP contribution is 2.39. The molecule has 4 heteroatoms. The zero-order valence-electron chi connectivity index (χ0n) is 12.7. The maximum atomic E-state index is 6.22. The van der Waals surface area contributed by atoms with Gasteiger partial charge in [-0.3, -0.25) is 0 Å². The summed E-state index contributed by atoms with van der Waals surface area (Å²) >= 11 is 3.56. The highest BCUT2D eigenvalue weighted by molar-refractivity contribution is 9.10. The van der Waals surface area contributed by atoms with Crippen LogP contribution in [0.2, 0.25) is 0 Å². The average Bonchev–Trinajstić information content (AvgIpc) is 2.87. The number of aromatic nitrogens is 2. The van der Waals surface area contributed by atoms with Gasteiger partial charge in [-0.2, -0.15) is 0 Å². The van der Waals surface area contributed by atoms with E-state index in [-0.39, 0.29) is 5.41 Å². The molecule has 1 heterocycles. The van der Waals surface area contributed by atoms with Gasteiger partial charge in [0.05, 0.1) is 11.0 Å². The van der Waals surface area contributed by atoms with E-state index >= 15 is 0 Å². The number of imidazole rings is 1. The first-order chi connectivity index (χ1) is 10.2. The Bertz CT molecular complexity index is 626. The molecule has 1 aliphatic carbocycles. The minimum absolute atomic E-state index is 0.0823. The molecule has 1 aromatic heterocycles. The number of aryl methyl sites for hydroxylation is 1. The van der Waals surface area contributed by atoms with Crippen LogP contribution in [-0.2, 0) is 12.0 Å².